The van der Waals surface area contributed by atoms with Crippen LogP contribution in [-0.2, 0) is 21.4 Å². The predicted molar refractivity (Wildman–Crippen MR) is 138 cm³/mol. The van der Waals surface area contributed by atoms with Gasteiger partial charge in [0, 0.05) is 24.7 Å². The van der Waals surface area contributed by atoms with E-state index in [1.54, 1.807) is 23.1 Å². The van der Waals surface area contributed by atoms with E-state index in [9.17, 15) is 18.0 Å². The summed E-state index contributed by atoms with van der Waals surface area (Å²) in [4.78, 5) is 31.0. The molecule has 2 N–H and O–H groups in total. The lowest BCUT2D eigenvalue weighted by molar-refractivity contribution is -0.114. The lowest BCUT2D eigenvalue weighted by Gasteiger charge is -2.31. The average Bonchev–Trinajstić information content (AvgIpc) is 3.34. The van der Waals surface area contributed by atoms with Crippen LogP contribution in [-0.4, -0.2) is 39.9 Å². The van der Waals surface area contributed by atoms with Gasteiger partial charge >= 0.3 is 0 Å². The maximum absolute atomic E-state index is 13.9. The monoisotopic (exact) mass is 516 g/mol. The van der Waals surface area contributed by atoms with Crippen LogP contribution in [0.2, 0.25) is 0 Å². The maximum Gasteiger partial charge on any atom is 0.266 e. The zero-order chi connectivity index (χ0) is 26.2. The summed E-state index contributed by atoms with van der Waals surface area (Å²) in [5.74, 6) is -0.449. The zero-order valence-corrected chi connectivity index (χ0v) is 20.9. The number of nitrogens with one attached hydrogen (secondary N) is 2. The van der Waals surface area contributed by atoms with Crippen molar-refractivity contribution in [1.82, 2.24) is 19.7 Å². The molecule has 3 aromatic carbocycles. The van der Waals surface area contributed by atoms with Crippen LogP contribution in [0.3, 0.4) is 0 Å². The molecule has 11 heteroatoms. The Labute approximate surface area is 214 Å². The van der Waals surface area contributed by atoms with Gasteiger partial charge in [-0.15, -0.1) is 0 Å². The number of carbonyl (C=O) groups is 2. The molecule has 1 aliphatic heterocycles. The largest absolute Gasteiger partial charge is 0.328 e. The van der Waals surface area contributed by atoms with E-state index in [2.05, 4.69) is 20.1 Å². The molecule has 37 heavy (non-hydrogen) atoms. The highest BCUT2D eigenvalue weighted by Crippen LogP contribution is 2.32. The summed E-state index contributed by atoms with van der Waals surface area (Å²) in [7, 11) is -3.94. The Bertz CT molecular complexity index is 1600. The molecular formula is C26H24N6O4S. The topological polar surface area (TPSA) is 126 Å². The van der Waals surface area contributed by atoms with Crippen LogP contribution < -0.4 is 10.0 Å². The minimum atomic E-state index is -3.94. The number of benzene rings is 3. The van der Waals surface area contributed by atoms with Crippen molar-refractivity contribution in [2.45, 2.75) is 31.3 Å². The maximum atomic E-state index is 13.9. The molecule has 0 fully saturated rings. The van der Waals surface area contributed by atoms with Gasteiger partial charge in [0.1, 0.15) is 11.2 Å². The number of rotatable bonds is 6. The number of aromatic nitrogens is 3. The summed E-state index contributed by atoms with van der Waals surface area (Å²) in [5, 5.41) is 6.85. The molecule has 0 spiro atoms. The van der Waals surface area contributed by atoms with Gasteiger partial charge in [0.05, 0.1) is 11.7 Å². The van der Waals surface area contributed by atoms with Crippen LogP contribution >= 0.6 is 0 Å². The third-order valence-corrected chi connectivity index (χ3v) is 7.47. The molecule has 2 amide bonds. The van der Waals surface area contributed by atoms with E-state index >= 15 is 0 Å². The Morgan fingerprint density at radius 3 is 2.59 bits per heavy atom. The molecule has 0 radical (unpaired) electrons. The first-order valence-electron chi connectivity index (χ1n) is 11.5. The van der Waals surface area contributed by atoms with E-state index in [0.29, 0.717) is 17.9 Å². The molecular weight excluding hydrogens is 492 g/mol. The molecule has 1 aromatic heterocycles. The molecule has 5 rings (SSSR count). The Morgan fingerprint density at radius 1 is 1.05 bits per heavy atom. The van der Waals surface area contributed by atoms with Crippen LogP contribution in [0.25, 0.3) is 5.69 Å². The molecule has 4 aromatic rings. The molecule has 0 saturated heterocycles. The number of amides is 2. The first-order valence-corrected chi connectivity index (χ1v) is 13.0. The minimum Gasteiger partial charge on any atom is -0.328 e. The van der Waals surface area contributed by atoms with Crippen molar-refractivity contribution in [1.29, 1.82) is 0 Å². The van der Waals surface area contributed by atoms with Crippen molar-refractivity contribution in [2.24, 2.45) is 0 Å². The van der Waals surface area contributed by atoms with Gasteiger partial charge in [-0.2, -0.15) is 14.8 Å². The summed E-state index contributed by atoms with van der Waals surface area (Å²) in [5.41, 5.74) is 2.88. The molecule has 2 heterocycles. The number of hydrogen-bond acceptors (Lipinski definition) is 6. The number of fused-ring (bicyclic) bond motifs is 3. The lowest BCUT2D eigenvalue weighted by Crippen LogP contribution is -2.33. The number of nitrogens with zero attached hydrogens (tertiary/aromatic N) is 4. The summed E-state index contributed by atoms with van der Waals surface area (Å²) in [6, 6.07) is 21.0. The minimum absolute atomic E-state index is 0.0590. The standard InChI is InChI=1S/C26H24N6O4S/c1-17(20-9-6-10-22(13-20)29-18(2)33)31(15-19-7-4-3-5-8-19)25(34)21-11-12-23-24(14-21)37(35,36)30-26-27-16-28-32(23)26/h3-14,16-17H,15H2,1-2H3,(H,29,33)(H,27,28,30). The van der Waals surface area contributed by atoms with Gasteiger partial charge in [-0.25, -0.2) is 13.1 Å². The summed E-state index contributed by atoms with van der Waals surface area (Å²) < 4.78 is 29.6. The van der Waals surface area contributed by atoms with Gasteiger partial charge in [0.15, 0.2) is 0 Å². The molecule has 188 valence electrons. The van der Waals surface area contributed by atoms with Crippen molar-refractivity contribution in [3.63, 3.8) is 0 Å². The predicted octanol–water partition coefficient (Wildman–Crippen LogP) is 3.74. The van der Waals surface area contributed by atoms with Gasteiger partial charge < -0.3 is 10.2 Å². The van der Waals surface area contributed by atoms with Crippen LogP contribution in [0.15, 0.2) is 84.0 Å². The Hall–Kier alpha value is -4.51. The normalized spacial score (nSPS) is 14.0. The van der Waals surface area contributed by atoms with Crippen LogP contribution in [0.4, 0.5) is 11.6 Å². The summed E-state index contributed by atoms with van der Waals surface area (Å²) >= 11 is 0. The van der Waals surface area contributed by atoms with Crippen LogP contribution in [0.5, 0.6) is 0 Å². The molecule has 0 bridgehead atoms. The highest BCUT2D eigenvalue weighted by atomic mass is 32.2. The Kier molecular flexibility index (Phi) is 6.22. The average molecular weight is 517 g/mol. The fourth-order valence-corrected chi connectivity index (χ4v) is 5.49. The third-order valence-electron chi connectivity index (χ3n) is 6.11. The van der Waals surface area contributed by atoms with Gasteiger partial charge in [0.25, 0.3) is 15.9 Å². The van der Waals surface area contributed by atoms with Crippen LogP contribution in [0.1, 0.15) is 41.4 Å². The third kappa shape index (κ3) is 4.81. The van der Waals surface area contributed by atoms with E-state index in [0.717, 1.165) is 11.1 Å². The molecule has 0 aliphatic carbocycles. The lowest BCUT2D eigenvalue weighted by atomic mass is 10.0. The summed E-state index contributed by atoms with van der Waals surface area (Å²) in [6.07, 6.45) is 1.25. The van der Waals surface area contributed by atoms with E-state index < -0.39 is 16.1 Å². The van der Waals surface area contributed by atoms with E-state index in [4.69, 9.17) is 0 Å². The second-order valence-corrected chi connectivity index (χ2v) is 10.3. The molecule has 10 nitrogen and oxygen atoms in total. The van der Waals surface area contributed by atoms with Crippen molar-refractivity contribution in [2.75, 3.05) is 10.0 Å². The Morgan fingerprint density at radius 2 is 1.84 bits per heavy atom. The van der Waals surface area contributed by atoms with E-state index in [1.165, 1.54) is 24.0 Å². The van der Waals surface area contributed by atoms with Crippen LogP contribution in [0, 0.1) is 0 Å². The fourth-order valence-electron chi connectivity index (χ4n) is 4.29. The van der Waals surface area contributed by atoms with Gasteiger partial charge in [-0.3, -0.25) is 9.59 Å². The Balaban J connectivity index is 1.54. The fraction of sp³-hybridized carbons (Fsp3) is 0.154. The van der Waals surface area contributed by atoms with E-state index in [1.807, 2.05) is 55.5 Å². The number of hydrogen-bond donors (Lipinski definition) is 2. The summed E-state index contributed by atoms with van der Waals surface area (Å²) in [6.45, 7) is 3.62. The molecule has 1 atom stereocenters. The molecule has 1 unspecified atom stereocenters. The van der Waals surface area contributed by atoms with Gasteiger partial charge in [-0.05, 0) is 48.4 Å². The first kappa shape index (κ1) is 24.2. The van der Waals surface area contributed by atoms with E-state index in [-0.39, 0.29) is 28.2 Å². The highest BCUT2D eigenvalue weighted by molar-refractivity contribution is 7.93. The first-order chi connectivity index (χ1) is 17.7. The second-order valence-electron chi connectivity index (χ2n) is 8.68. The molecule has 1 aliphatic rings. The smallest absolute Gasteiger partial charge is 0.266 e. The van der Waals surface area contributed by atoms with Gasteiger partial charge in [-0.1, -0.05) is 42.5 Å². The molecule has 0 saturated carbocycles. The van der Waals surface area contributed by atoms with Crippen molar-refractivity contribution < 1.29 is 18.0 Å². The zero-order valence-electron chi connectivity index (χ0n) is 20.1. The quantitative estimate of drug-likeness (QED) is 0.402. The van der Waals surface area contributed by atoms with Crippen molar-refractivity contribution in [3.05, 3.63) is 95.8 Å². The second kappa shape index (κ2) is 9.51. The van der Waals surface area contributed by atoms with Crippen molar-refractivity contribution >= 4 is 33.5 Å². The van der Waals surface area contributed by atoms with Gasteiger partial charge in [0.2, 0.25) is 11.9 Å². The SMILES string of the molecule is CC(=O)Nc1cccc(C(C)N(Cc2ccccc2)C(=O)c2ccc3c(c2)S(=O)(=O)Nc2ncnn2-3)c1. The number of anilines is 2. The van der Waals surface area contributed by atoms with Crippen molar-refractivity contribution in [3.8, 4) is 5.69 Å². The highest BCUT2D eigenvalue weighted by Gasteiger charge is 2.31. The number of sulfonamides is 1. The number of carbonyl (C=O) groups excluding carboxylic acids is 2.